The van der Waals surface area contributed by atoms with Crippen LogP contribution in [0.5, 0.6) is 0 Å². The third-order valence-corrected chi connectivity index (χ3v) is 6.64. The molecule has 5 aromatic rings. The summed E-state index contributed by atoms with van der Waals surface area (Å²) in [4.78, 5) is 30.9. The van der Waals surface area contributed by atoms with E-state index >= 15 is 0 Å². The molecule has 1 N–H and O–H groups in total. The van der Waals surface area contributed by atoms with Gasteiger partial charge in [-0.15, -0.1) is 10.2 Å². The van der Waals surface area contributed by atoms with Gasteiger partial charge in [0.1, 0.15) is 11.4 Å². The molecule has 0 saturated carbocycles. The second-order valence-electron chi connectivity index (χ2n) is 9.19. The van der Waals surface area contributed by atoms with E-state index in [0.717, 1.165) is 47.2 Å². The molecule has 0 fully saturated rings. The van der Waals surface area contributed by atoms with Gasteiger partial charge >= 0.3 is 11.7 Å². The summed E-state index contributed by atoms with van der Waals surface area (Å²) in [6, 6.07) is 11.5. The molecule has 0 atom stereocenters. The van der Waals surface area contributed by atoms with Crippen LogP contribution >= 0.6 is 0 Å². The summed E-state index contributed by atoms with van der Waals surface area (Å²) in [6.45, 7) is 4.47. The third kappa shape index (κ3) is 5.15. The highest BCUT2D eigenvalue weighted by molar-refractivity contribution is 5.93. The van der Waals surface area contributed by atoms with Crippen LogP contribution in [-0.4, -0.2) is 51.9 Å². The van der Waals surface area contributed by atoms with Crippen LogP contribution in [0.1, 0.15) is 48.3 Å². The number of unbranched alkanes of at least 4 members (excludes halogenated alkanes) is 1. The molecular formula is C28H30N8O3. The second-order valence-corrected chi connectivity index (χ2v) is 9.19. The number of nitrogens with one attached hydrogen (secondary N) is 1. The second kappa shape index (κ2) is 11.3. The van der Waals surface area contributed by atoms with Gasteiger partial charge in [-0.1, -0.05) is 37.6 Å². The Morgan fingerprint density at radius 1 is 1.08 bits per heavy atom. The fourth-order valence-electron chi connectivity index (χ4n) is 4.68. The van der Waals surface area contributed by atoms with Gasteiger partial charge in [-0.2, -0.15) is 5.21 Å². The normalized spacial score (nSPS) is 11.2. The Balaban J connectivity index is 1.55. The summed E-state index contributed by atoms with van der Waals surface area (Å²) in [6.07, 6.45) is 9.78. The number of ether oxygens (including phenoxy) is 1. The molecule has 0 aliphatic rings. The zero-order valence-electron chi connectivity index (χ0n) is 22.2. The first-order valence-corrected chi connectivity index (χ1v) is 12.9. The molecule has 0 unspecified atom stereocenters. The van der Waals surface area contributed by atoms with Gasteiger partial charge < -0.3 is 9.30 Å². The summed E-state index contributed by atoms with van der Waals surface area (Å²) in [5.41, 5.74) is 4.71. The van der Waals surface area contributed by atoms with Gasteiger partial charge in [-0.05, 0) is 53.8 Å². The minimum absolute atomic E-state index is 0.226. The fourth-order valence-corrected chi connectivity index (χ4v) is 4.68. The largest absolute Gasteiger partial charge is 0.462 e. The lowest BCUT2D eigenvalue weighted by Gasteiger charge is -2.12. The first-order valence-electron chi connectivity index (χ1n) is 12.9. The Morgan fingerprint density at radius 3 is 2.59 bits per heavy atom. The molecule has 11 nitrogen and oxygen atoms in total. The van der Waals surface area contributed by atoms with E-state index in [4.69, 9.17) is 4.74 Å². The van der Waals surface area contributed by atoms with Crippen molar-refractivity contribution >= 4 is 5.97 Å². The zero-order chi connectivity index (χ0) is 27.4. The number of tetrazole rings is 1. The molecule has 1 aromatic carbocycles. The first-order chi connectivity index (χ1) is 19.0. The van der Waals surface area contributed by atoms with Gasteiger partial charge in [0.05, 0.1) is 13.2 Å². The standard InChI is InChI=1S/C28H30N8O3/c1-4-6-7-22-18-36(26-24(13-15-34(26)3)27(37)39-5-2)28(38)35(22)17-21-16-29-14-12-23(21)19-8-10-20(11-9-19)25-30-32-33-31-25/h8-16,18H,4-7,17H2,1-3H3,(H,30,31,32,33). The van der Waals surface area contributed by atoms with Crippen molar-refractivity contribution in [3.05, 3.63) is 88.5 Å². The highest BCUT2D eigenvalue weighted by Crippen LogP contribution is 2.27. The molecule has 4 aromatic heterocycles. The molecule has 0 aliphatic carbocycles. The quantitative estimate of drug-likeness (QED) is 0.275. The Kier molecular flexibility index (Phi) is 7.48. The molecule has 0 amide bonds. The van der Waals surface area contributed by atoms with Gasteiger partial charge in [0, 0.05) is 43.1 Å². The van der Waals surface area contributed by atoms with Crippen molar-refractivity contribution in [3.8, 4) is 28.3 Å². The third-order valence-electron chi connectivity index (χ3n) is 6.64. The van der Waals surface area contributed by atoms with Gasteiger partial charge in [-0.25, -0.2) is 9.59 Å². The van der Waals surface area contributed by atoms with E-state index in [2.05, 4.69) is 32.5 Å². The molecule has 5 rings (SSSR count). The van der Waals surface area contributed by atoms with Crippen molar-refractivity contribution in [2.75, 3.05) is 6.61 Å². The van der Waals surface area contributed by atoms with Crippen LogP contribution in [0, 0.1) is 0 Å². The summed E-state index contributed by atoms with van der Waals surface area (Å²) < 4.78 is 10.3. The number of H-pyrrole nitrogens is 1. The van der Waals surface area contributed by atoms with Gasteiger partial charge in [-0.3, -0.25) is 14.1 Å². The number of rotatable bonds is 10. The molecule has 0 radical (unpaired) electrons. The van der Waals surface area contributed by atoms with Crippen LogP contribution in [-0.2, 0) is 24.8 Å². The lowest BCUT2D eigenvalue weighted by Crippen LogP contribution is -2.27. The minimum atomic E-state index is -0.457. The summed E-state index contributed by atoms with van der Waals surface area (Å²) in [5.74, 6) is 0.549. The van der Waals surface area contributed by atoms with Crippen LogP contribution in [0.15, 0.2) is 66.0 Å². The van der Waals surface area contributed by atoms with Crippen molar-refractivity contribution in [1.29, 1.82) is 0 Å². The van der Waals surface area contributed by atoms with E-state index in [1.807, 2.05) is 43.6 Å². The van der Waals surface area contributed by atoms with Crippen LogP contribution in [0.4, 0.5) is 0 Å². The summed E-state index contributed by atoms with van der Waals surface area (Å²) >= 11 is 0. The van der Waals surface area contributed by atoms with Crippen molar-refractivity contribution in [2.45, 2.75) is 39.7 Å². The highest BCUT2D eigenvalue weighted by Gasteiger charge is 2.22. The van der Waals surface area contributed by atoms with E-state index in [1.54, 1.807) is 45.3 Å². The maximum Gasteiger partial charge on any atom is 0.341 e. The smallest absolute Gasteiger partial charge is 0.341 e. The minimum Gasteiger partial charge on any atom is -0.462 e. The monoisotopic (exact) mass is 526 g/mol. The van der Waals surface area contributed by atoms with Crippen molar-refractivity contribution < 1.29 is 9.53 Å². The maximum absolute atomic E-state index is 13.9. The zero-order valence-corrected chi connectivity index (χ0v) is 22.2. The number of carbonyl (C=O) groups is 1. The van der Waals surface area contributed by atoms with Crippen molar-refractivity contribution in [3.63, 3.8) is 0 Å². The molecule has 4 heterocycles. The first kappa shape index (κ1) is 25.8. The summed E-state index contributed by atoms with van der Waals surface area (Å²) in [5, 5.41) is 14.2. The number of hydrogen-bond acceptors (Lipinski definition) is 7. The van der Waals surface area contributed by atoms with E-state index in [9.17, 15) is 9.59 Å². The Bertz CT molecular complexity index is 1630. The summed E-state index contributed by atoms with van der Waals surface area (Å²) in [7, 11) is 1.81. The van der Waals surface area contributed by atoms with Crippen LogP contribution < -0.4 is 5.69 Å². The van der Waals surface area contributed by atoms with Gasteiger partial charge in [0.2, 0.25) is 5.82 Å². The van der Waals surface area contributed by atoms with E-state index < -0.39 is 5.97 Å². The molecule has 200 valence electrons. The number of esters is 1. The average molecular weight is 527 g/mol. The SMILES string of the molecule is CCCCc1cn(-c2c(C(=O)OCC)ccn2C)c(=O)n1Cc1cnccc1-c1ccc(-c2nn[nH]n2)cc1. The molecular weight excluding hydrogens is 496 g/mol. The number of aromatic amines is 1. The van der Waals surface area contributed by atoms with Crippen molar-refractivity contribution in [1.82, 2.24) is 39.3 Å². The molecule has 11 heteroatoms. The number of pyridine rings is 1. The average Bonchev–Trinajstić information content (AvgIpc) is 3.69. The number of aromatic nitrogens is 8. The lowest BCUT2D eigenvalue weighted by molar-refractivity contribution is 0.0526. The molecule has 0 spiro atoms. The predicted molar refractivity (Wildman–Crippen MR) is 146 cm³/mol. The molecule has 0 aliphatic heterocycles. The fraction of sp³-hybridized carbons (Fsp3) is 0.286. The topological polar surface area (TPSA) is 126 Å². The number of nitrogens with zero attached hydrogens (tertiary/aromatic N) is 7. The van der Waals surface area contributed by atoms with Crippen LogP contribution in [0.2, 0.25) is 0 Å². The van der Waals surface area contributed by atoms with E-state index in [1.165, 1.54) is 0 Å². The molecule has 0 saturated heterocycles. The van der Waals surface area contributed by atoms with Crippen LogP contribution in [0.3, 0.4) is 0 Å². The predicted octanol–water partition coefficient (Wildman–Crippen LogP) is 3.79. The molecule has 0 bridgehead atoms. The van der Waals surface area contributed by atoms with E-state index in [-0.39, 0.29) is 12.3 Å². The lowest BCUT2D eigenvalue weighted by atomic mass is 10.00. The van der Waals surface area contributed by atoms with E-state index in [0.29, 0.717) is 23.8 Å². The van der Waals surface area contributed by atoms with Crippen molar-refractivity contribution in [2.24, 2.45) is 7.05 Å². The Hall–Kier alpha value is -4.80. The Morgan fingerprint density at radius 2 is 1.87 bits per heavy atom. The van der Waals surface area contributed by atoms with Gasteiger partial charge in [0.15, 0.2) is 0 Å². The highest BCUT2D eigenvalue weighted by atomic mass is 16.5. The number of carbonyl (C=O) groups excluding carboxylic acids is 1. The number of hydrogen-bond donors (Lipinski definition) is 1. The Labute approximate surface area is 225 Å². The number of imidazole rings is 1. The maximum atomic E-state index is 13.9. The molecule has 39 heavy (non-hydrogen) atoms. The van der Waals surface area contributed by atoms with Crippen LogP contribution in [0.25, 0.3) is 28.3 Å². The van der Waals surface area contributed by atoms with Gasteiger partial charge in [0.25, 0.3) is 0 Å². The number of aryl methyl sites for hydroxylation is 2. The number of benzene rings is 1.